The van der Waals surface area contributed by atoms with E-state index in [0.717, 1.165) is 16.9 Å². The predicted molar refractivity (Wildman–Crippen MR) is 64.6 cm³/mol. The summed E-state index contributed by atoms with van der Waals surface area (Å²) in [5.74, 6) is 1.04. The zero-order valence-electron chi connectivity index (χ0n) is 9.05. The van der Waals surface area contributed by atoms with E-state index in [4.69, 9.17) is 4.74 Å². The molecule has 3 heteroatoms. The Morgan fingerprint density at radius 1 is 1.47 bits per heavy atom. The van der Waals surface area contributed by atoms with Crippen molar-refractivity contribution in [1.29, 1.82) is 0 Å². The van der Waals surface area contributed by atoms with Gasteiger partial charge in [0.1, 0.15) is 11.5 Å². The molecule has 0 saturated carbocycles. The maximum atomic E-state index is 11.1. The summed E-state index contributed by atoms with van der Waals surface area (Å²) in [4.78, 5) is 11.1. The molecule has 15 heavy (non-hydrogen) atoms. The van der Waals surface area contributed by atoms with Crippen molar-refractivity contribution >= 4 is 21.7 Å². The molecule has 0 saturated heterocycles. The number of benzene rings is 1. The third-order valence-corrected chi connectivity index (χ3v) is 2.66. The minimum absolute atomic E-state index is 0.172. The van der Waals surface area contributed by atoms with Gasteiger partial charge in [0.05, 0.1) is 6.61 Å². The fourth-order valence-corrected chi connectivity index (χ4v) is 2.12. The second-order valence-corrected chi connectivity index (χ2v) is 3.90. The van der Waals surface area contributed by atoms with Gasteiger partial charge < -0.3 is 4.74 Å². The normalized spacial score (nSPS) is 10.1. The Kier molecular flexibility index (Phi) is 4.82. The van der Waals surface area contributed by atoms with Gasteiger partial charge in [0, 0.05) is 17.3 Å². The highest BCUT2D eigenvalue weighted by molar-refractivity contribution is 9.08. The summed E-state index contributed by atoms with van der Waals surface area (Å²) in [6.07, 6.45) is 0.474. The number of carbonyl (C=O) groups excluding carboxylic acids is 1. The van der Waals surface area contributed by atoms with Crippen LogP contribution >= 0.6 is 15.9 Å². The van der Waals surface area contributed by atoms with Crippen molar-refractivity contribution in [3.05, 3.63) is 29.3 Å². The van der Waals surface area contributed by atoms with Crippen LogP contribution in [0.5, 0.6) is 5.75 Å². The largest absolute Gasteiger partial charge is 0.494 e. The van der Waals surface area contributed by atoms with E-state index in [2.05, 4.69) is 15.9 Å². The molecule has 0 aliphatic heterocycles. The minimum Gasteiger partial charge on any atom is -0.494 e. The monoisotopic (exact) mass is 270 g/mol. The number of alkyl halides is 1. The van der Waals surface area contributed by atoms with Gasteiger partial charge in [-0.15, -0.1) is 0 Å². The predicted octanol–water partition coefficient (Wildman–Crippen LogP) is 3.11. The van der Waals surface area contributed by atoms with Crippen LogP contribution in [-0.4, -0.2) is 12.4 Å². The van der Waals surface area contributed by atoms with Gasteiger partial charge in [-0.3, -0.25) is 4.79 Å². The maximum absolute atomic E-state index is 11.1. The lowest BCUT2D eigenvalue weighted by molar-refractivity contribution is -0.116. The van der Waals surface area contributed by atoms with Crippen LogP contribution < -0.4 is 4.74 Å². The molecule has 0 fully saturated rings. The summed E-state index contributed by atoms with van der Waals surface area (Å²) in [6.45, 7) is 4.20. The molecule has 0 unspecified atom stereocenters. The first kappa shape index (κ1) is 12.2. The van der Waals surface area contributed by atoms with Crippen molar-refractivity contribution in [3.8, 4) is 5.75 Å². The lowest BCUT2D eigenvalue weighted by Crippen LogP contribution is -2.03. The van der Waals surface area contributed by atoms with Crippen molar-refractivity contribution in [2.75, 3.05) is 6.61 Å². The van der Waals surface area contributed by atoms with Crippen LogP contribution in [0.25, 0.3) is 0 Å². The van der Waals surface area contributed by atoms with E-state index in [1.807, 2.05) is 25.1 Å². The van der Waals surface area contributed by atoms with Crippen molar-refractivity contribution in [3.63, 3.8) is 0 Å². The van der Waals surface area contributed by atoms with Gasteiger partial charge in [-0.25, -0.2) is 0 Å². The van der Waals surface area contributed by atoms with Crippen LogP contribution in [-0.2, 0) is 16.5 Å². The number of rotatable bonds is 5. The number of carbonyl (C=O) groups is 1. The smallest absolute Gasteiger partial charge is 0.134 e. The number of ketones is 1. The Morgan fingerprint density at radius 3 is 2.73 bits per heavy atom. The molecule has 0 atom stereocenters. The summed E-state index contributed by atoms with van der Waals surface area (Å²) in [6, 6.07) is 5.83. The van der Waals surface area contributed by atoms with Crippen molar-refractivity contribution in [2.24, 2.45) is 0 Å². The highest BCUT2D eigenvalue weighted by Crippen LogP contribution is 2.25. The fraction of sp³-hybridized carbons (Fsp3) is 0.417. The van der Waals surface area contributed by atoms with Crippen LogP contribution in [0.3, 0.4) is 0 Å². The zero-order valence-corrected chi connectivity index (χ0v) is 10.6. The van der Waals surface area contributed by atoms with Gasteiger partial charge in [0.15, 0.2) is 0 Å². The molecular formula is C12H15BrO2. The number of Topliss-reactive ketones (excluding diaryl/α,β-unsaturated/α-hetero) is 1. The van der Waals surface area contributed by atoms with E-state index in [1.54, 1.807) is 6.92 Å². The van der Waals surface area contributed by atoms with Crippen molar-refractivity contribution in [2.45, 2.75) is 25.6 Å². The zero-order chi connectivity index (χ0) is 11.3. The van der Waals surface area contributed by atoms with Gasteiger partial charge >= 0.3 is 0 Å². The SMILES string of the molecule is CCOc1cccc(CC(C)=O)c1CBr. The molecule has 0 heterocycles. The number of hydrogen-bond donors (Lipinski definition) is 0. The minimum atomic E-state index is 0.172. The van der Waals surface area contributed by atoms with E-state index >= 15 is 0 Å². The van der Waals surface area contributed by atoms with Crippen LogP contribution in [0.1, 0.15) is 25.0 Å². The van der Waals surface area contributed by atoms with E-state index in [0.29, 0.717) is 18.4 Å². The molecule has 1 aromatic carbocycles. The molecule has 82 valence electrons. The third kappa shape index (κ3) is 3.34. The van der Waals surface area contributed by atoms with Crippen molar-refractivity contribution in [1.82, 2.24) is 0 Å². The number of ether oxygens (including phenoxy) is 1. The Hall–Kier alpha value is -0.830. The maximum Gasteiger partial charge on any atom is 0.134 e. The molecule has 0 aliphatic carbocycles. The van der Waals surface area contributed by atoms with E-state index in [-0.39, 0.29) is 5.78 Å². The molecule has 0 amide bonds. The summed E-state index contributed by atoms with van der Waals surface area (Å²) < 4.78 is 5.51. The summed E-state index contributed by atoms with van der Waals surface area (Å²) >= 11 is 3.43. The standard InChI is InChI=1S/C12H15BrO2/c1-3-15-12-6-4-5-10(7-9(2)14)11(12)8-13/h4-6H,3,7-8H2,1-2H3. The van der Waals surface area contributed by atoms with Crippen LogP contribution in [0, 0.1) is 0 Å². The average molecular weight is 271 g/mol. The average Bonchev–Trinajstić information content (AvgIpc) is 2.18. The molecule has 0 N–H and O–H groups in total. The van der Waals surface area contributed by atoms with Gasteiger partial charge in [0.2, 0.25) is 0 Å². The van der Waals surface area contributed by atoms with Gasteiger partial charge in [-0.1, -0.05) is 28.1 Å². The van der Waals surface area contributed by atoms with Crippen LogP contribution in [0.15, 0.2) is 18.2 Å². The quantitative estimate of drug-likeness (QED) is 0.769. The molecule has 0 radical (unpaired) electrons. The van der Waals surface area contributed by atoms with Gasteiger partial charge in [-0.05, 0) is 25.5 Å². The van der Waals surface area contributed by atoms with Crippen LogP contribution in [0.2, 0.25) is 0 Å². The van der Waals surface area contributed by atoms with E-state index in [1.165, 1.54) is 0 Å². The lowest BCUT2D eigenvalue weighted by Gasteiger charge is -2.12. The highest BCUT2D eigenvalue weighted by atomic mass is 79.9. The molecule has 1 aromatic rings. The van der Waals surface area contributed by atoms with Gasteiger partial charge in [-0.2, -0.15) is 0 Å². The topological polar surface area (TPSA) is 26.3 Å². The summed E-state index contributed by atoms with van der Waals surface area (Å²) in [5, 5.41) is 0.714. The summed E-state index contributed by atoms with van der Waals surface area (Å²) in [5.41, 5.74) is 2.12. The second kappa shape index (κ2) is 5.91. The van der Waals surface area contributed by atoms with E-state index in [9.17, 15) is 4.79 Å². The lowest BCUT2D eigenvalue weighted by atomic mass is 10.0. The second-order valence-electron chi connectivity index (χ2n) is 3.34. The first-order valence-electron chi connectivity index (χ1n) is 4.98. The number of hydrogen-bond acceptors (Lipinski definition) is 2. The first-order valence-corrected chi connectivity index (χ1v) is 6.10. The Balaban J connectivity index is 3.04. The first-order chi connectivity index (χ1) is 7.19. The summed E-state index contributed by atoms with van der Waals surface area (Å²) in [7, 11) is 0. The molecule has 1 rings (SSSR count). The Bertz CT molecular complexity index is 347. The molecule has 0 aliphatic rings. The van der Waals surface area contributed by atoms with Crippen molar-refractivity contribution < 1.29 is 9.53 Å². The van der Waals surface area contributed by atoms with Gasteiger partial charge in [0.25, 0.3) is 0 Å². The molecule has 2 nitrogen and oxygen atoms in total. The number of halogens is 1. The molecule has 0 spiro atoms. The Morgan fingerprint density at radius 2 is 2.20 bits per heavy atom. The molecular weight excluding hydrogens is 256 g/mol. The fourth-order valence-electron chi connectivity index (χ4n) is 1.49. The van der Waals surface area contributed by atoms with Crippen LogP contribution in [0.4, 0.5) is 0 Å². The third-order valence-electron chi connectivity index (χ3n) is 2.10. The van der Waals surface area contributed by atoms with E-state index < -0.39 is 0 Å². The molecule has 0 aromatic heterocycles. The Labute approximate surface area is 98.8 Å². The molecule has 0 bridgehead atoms. The highest BCUT2D eigenvalue weighted by Gasteiger charge is 2.09.